The molecule has 4 atom stereocenters. The zero-order chi connectivity index (χ0) is 23.0. The van der Waals surface area contributed by atoms with Gasteiger partial charge in [0.05, 0.1) is 30.8 Å². The van der Waals surface area contributed by atoms with Crippen molar-refractivity contribution in [3.8, 4) is 0 Å². The van der Waals surface area contributed by atoms with Crippen molar-refractivity contribution in [2.45, 2.75) is 143 Å². The maximum absolute atomic E-state index is 12.3. The standard InChI is InChI=1S/C27H52O4/c1-5-6-7-8-9-10-11-12-13-14-15-16-17-18-19-27(26(28)29)20-24(3)31-22-25(4)30-21-23(27)2/h23-25H,5-22H2,1-4H3,(H,28,29). The lowest BCUT2D eigenvalue weighted by atomic mass is 9.69. The van der Waals surface area contributed by atoms with Gasteiger partial charge in [-0.2, -0.15) is 0 Å². The molecular weight excluding hydrogens is 388 g/mol. The highest BCUT2D eigenvalue weighted by atomic mass is 16.5. The molecule has 0 bridgehead atoms. The zero-order valence-electron chi connectivity index (χ0n) is 21.1. The fraction of sp³-hybridized carbons (Fsp3) is 0.963. The van der Waals surface area contributed by atoms with Gasteiger partial charge in [-0.05, 0) is 32.6 Å². The molecule has 184 valence electrons. The van der Waals surface area contributed by atoms with Crippen LogP contribution in [0.25, 0.3) is 0 Å². The highest BCUT2D eigenvalue weighted by Gasteiger charge is 2.45. The van der Waals surface area contributed by atoms with E-state index in [9.17, 15) is 9.90 Å². The number of carbonyl (C=O) groups is 1. The van der Waals surface area contributed by atoms with Crippen LogP contribution in [0, 0.1) is 11.3 Å². The summed E-state index contributed by atoms with van der Waals surface area (Å²) in [5, 5.41) is 10.1. The molecule has 1 heterocycles. The summed E-state index contributed by atoms with van der Waals surface area (Å²) in [4.78, 5) is 12.3. The molecule has 0 amide bonds. The lowest BCUT2D eigenvalue weighted by molar-refractivity contribution is -0.157. The second-order valence-corrected chi connectivity index (χ2v) is 10.2. The number of carboxylic acids is 1. The van der Waals surface area contributed by atoms with E-state index in [2.05, 4.69) is 6.92 Å². The molecule has 31 heavy (non-hydrogen) atoms. The Labute approximate surface area is 192 Å². The molecule has 1 rings (SSSR count). The summed E-state index contributed by atoms with van der Waals surface area (Å²) in [6.45, 7) is 9.37. The first-order valence-corrected chi connectivity index (χ1v) is 13.4. The molecule has 1 N–H and O–H groups in total. The second-order valence-electron chi connectivity index (χ2n) is 10.2. The van der Waals surface area contributed by atoms with E-state index >= 15 is 0 Å². The molecule has 4 heteroatoms. The second kappa shape index (κ2) is 16.9. The number of hydrogen-bond donors (Lipinski definition) is 1. The van der Waals surface area contributed by atoms with Gasteiger partial charge in [0.2, 0.25) is 0 Å². The summed E-state index contributed by atoms with van der Waals surface area (Å²) >= 11 is 0. The Morgan fingerprint density at radius 1 is 0.742 bits per heavy atom. The molecule has 1 aliphatic rings. The predicted molar refractivity (Wildman–Crippen MR) is 130 cm³/mol. The largest absolute Gasteiger partial charge is 0.481 e. The maximum atomic E-state index is 12.3. The minimum absolute atomic E-state index is 0.00132. The summed E-state index contributed by atoms with van der Waals surface area (Å²) in [5.41, 5.74) is -0.736. The molecule has 0 radical (unpaired) electrons. The quantitative estimate of drug-likeness (QED) is 0.249. The molecule has 0 aromatic heterocycles. The van der Waals surface area contributed by atoms with Gasteiger partial charge < -0.3 is 14.6 Å². The van der Waals surface area contributed by atoms with Crippen molar-refractivity contribution in [1.82, 2.24) is 0 Å². The molecule has 0 aromatic carbocycles. The normalized spacial score (nSPS) is 27.4. The van der Waals surface area contributed by atoms with Gasteiger partial charge in [0.1, 0.15) is 0 Å². The Morgan fingerprint density at radius 2 is 1.19 bits per heavy atom. The average Bonchev–Trinajstić information content (AvgIpc) is 2.79. The van der Waals surface area contributed by atoms with E-state index in [0.29, 0.717) is 19.6 Å². The van der Waals surface area contributed by atoms with E-state index in [0.717, 1.165) is 19.3 Å². The third-order valence-corrected chi connectivity index (χ3v) is 7.24. The van der Waals surface area contributed by atoms with Gasteiger partial charge in [0.25, 0.3) is 0 Å². The van der Waals surface area contributed by atoms with Gasteiger partial charge in [-0.15, -0.1) is 0 Å². The van der Waals surface area contributed by atoms with Crippen LogP contribution in [0.2, 0.25) is 0 Å². The Kier molecular flexibility index (Phi) is 15.5. The van der Waals surface area contributed by atoms with Crippen LogP contribution in [0.3, 0.4) is 0 Å². The third kappa shape index (κ3) is 11.7. The van der Waals surface area contributed by atoms with Crippen LogP contribution < -0.4 is 0 Å². The minimum Gasteiger partial charge on any atom is -0.481 e. The van der Waals surface area contributed by atoms with Crippen LogP contribution in [0.1, 0.15) is 130 Å². The van der Waals surface area contributed by atoms with Gasteiger partial charge in [-0.3, -0.25) is 4.79 Å². The first-order valence-electron chi connectivity index (χ1n) is 13.4. The van der Waals surface area contributed by atoms with Crippen molar-refractivity contribution >= 4 is 5.97 Å². The summed E-state index contributed by atoms with van der Waals surface area (Å²) in [7, 11) is 0. The van der Waals surface area contributed by atoms with E-state index in [-0.39, 0.29) is 18.1 Å². The fourth-order valence-corrected chi connectivity index (χ4v) is 4.98. The molecule has 1 aliphatic heterocycles. The first-order chi connectivity index (χ1) is 14.9. The van der Waals surface area contributed by atoms with E-state index in [1.807, 2.05) is 20.8 Å². The molecule has 0 spiro atoms. The number of hydrogen-bond acceptors (Lipinski definition) is 3. The SMILES string of the molecule is CCCCCCCCCCCCCCCCC1(C(=O)O)CC(C)OCC(C)OCC1C. The molecule has 0 aliphatic carbocycles. The first kappa shape index (κ1) is 28.4. The Bertz CT molecular complexity index is 453. The van der Waals surface area contributed by atoms with Gasteiger partial charge in [0.15, 0.2) is 0 Å². The van der Waals surface area contributed by atoms with Crippen molar-refractivity contribution < 1.29 is 19.4 Å². The number of rotatable bonds is 16. The van der Waals surface area contributed by atoms with Crippen LogP contribution in [0.4, 0.5) is 0 Å². The number of carboxylic acid groups (broad SMARTS) is 1. The van der Waals surface area contributed by atoms with E-state index in [1.165, 1.54) is 77.0 Å². The highest BCUT2D eigenvalue weighted by molar-refractivity contribution is 5.75. The molecule has 4 unspecified atom stereocenters. The molecule has 0 saturated carbocycles. The zero-order valence-corrected chi connectivity index (χ0v) is 21.1. The van der Waals surface area contributed by atoms with Crippen LogP contribution in [-0.2, 0) is 14.3 Å². The summed E-state index contributed by atoms with van der Waals surface area (Å²) in [6.07, 6.45) is 19.7. The molecule has 0 aromatic rings. The molecule has 4 nitrogen and oxygen atoms in total. The Morgan fingerprint density at radius 3 is 1.68 bits per heavy atom. The fourth-order valence-electron chi connectivity index (χ4n) is 4.98. The Hall–Kier alpha value is -0.610. The third-order valence-electron chi connectivity index (χ3n) is 7.24. The number of ether oxygens (including phenoxy) is 2. The van der Waals surface area contributed by atoms with E-state index in [4.69, 9.17) is 9.47 Å². The van der Waals surface area contributed by atoms with Crippen molar-refractivity contribution in [3.63, 3.8) is 0 Å². The van der Waals surface area contributed by atoms with Crippen molar-refractivity contribution in [1.29, 1.82) is 0 Å². The average molecular weight is 441 g/mol. The topological polar surface area (TPSA) is 55.8 Å². The predicted octanol–water partition coefficient (Wildman–Crippen LogP) is 7.78. The van der Waals surface area contributed by atoms with E-state index in [1.54, 1.807) is 0 Å². The summed E-state index contributed by atoms with van der Waals surface area (Å²) < 4.78 is 11.7. The monoisotopic (exact) mass is 440 g/mol. The van der Waals surface area contributed by atoms with Gasteiger partial charge in [-0.1, -0.05) is 104 Å². The van der Waals surface area contributed by atoms with Crippen LogP contribution in [-0.4, -0.2) is 36.5 Å². The smallest absolute Gasteiger partial charge is 0.310 e. The van der Waals surface area contributed by atoms with Crippen molar-refractivity contribution in [3.05, 3.63) is 0 Å². The Balaban J connectivity index is 2.22. The molecular formula is C27H52O4. The summed E-state index contributed by atoms with van der Waals surface area (Å²) in [6, 6.07) is 0. The number of unbranched alkanes of at least 4 members (excludes halogenated alkanes) is 13. The van der Waals surface area contributed by atoms with Crippen LogP contribution >= 0.6 is 0 Å². The van der Waals surface area contributed by atoms with Crippen molar-refractivity contribution in [2.75, 3.05) is 13.2 Å². The summed E-state index contributed by atoms with van der Waals surface area (Å²) in [5.74, 6) is -0.679. The minimum atomic E-state index is -0.736. The van der Waals surface area contributed by atoms with E-state index < -0.39 is 11.4 Å². The highest BCUT2D eigenvalue weighted by Crippen LogP contribution is 2.40. The maximum Gasteiger partial charge on any atom is 0.310 e. The van der Waals surface area contributed by atoms with Crippen LogP contribution in [0.5, 0.6) is 0 Å². The van der Waals surface area contributed by atoms with Crippen LogP contribution in [0.15, 0.2) is 0 Å². The lowest BCUT2D eigenvalue weighted by Crippen LogP contribution is -2.42. The molecule has 1 saturated heterocycles. The van der Waals surface area contributed by atoms with Crippen molar-refractivity contribution in [2.24, 2.45) is 11.3 Å². The van der Waals surface area contributed by atoms with Gasteiger partial charge >= 0.3 is 5.97 Å². The molecule has 1 fully saturated rings. The number of aliphatic carboxylic acids is 1. The lowest BCUT2D eigenvalue weighted by Gasteiger charge is -2.36. The van der Waals surface area contributed by atoms with Gasteiger partial charge in [-0.25, -0.2) is 0 Å². The van der Waals surface area contributed by atoms with Gasteiger partial charge in [0, 0.05) is 0 Å².